The molecule has 1 amide bonds. The van der Waals surface area contributed by atoms with Crippen molar-refractivity contribution in [1.82, 2.24) is 10.4 Å². The SMILES string of the molecule is COc1cc(C(=O)Oc2ccc(Br)cc2C=NNC(=O)c2[nH]c3c(C)cccc3c2-c2ccccc2Cl)ccc1OC(C)=O. The second-order valence-electron chi connectivity index (χ2n) is 9.58. The molecule has 1 aromatic heterocycles. The molecule has 0 fully saturated rings. The van der Waals surface area contributed by atoms with Crippen LogP contribution in [0.1, 0.15) is 38.9 Å². The number of hydrogen-bond acceptors (Lipinski definition) is 7. The lowest BCUT2D eigenvalue weighted by Gasteiger charge is -2.11. The standard InChI is InChI=1S/C33H25BrClN3O6/c1-18-7-6-9-24-29(23-8-4-5-10-25(23)35)31(37-30(18)24)32(40)38-36-17-21-15-22(34)12-14-26(21)44-33(41)20-11-13-27(43-19(2)39)28(16-20)42-3/h4-17,37H,1-3H3,(H,38,40). The van der Waals surface area contributed by atoms with Gasteiger partial charge in [0.15, 0.2) is 11.5 Å². The highest BCUT2D eigenvalue weighted by Crippen LogP contribution is 2.37. The Bertz CT molecular complexity index is 1950. The molecule has 5 aromatic rings. The highest BCUT2D eigenvalue weighted by molar-refractivity contribution is 9.10. The number of halogens is 2. The second-order valence-corrected chi connectivity index (χ2v) is 10.9. The van der Waals surface area contributed by atoms with Crippen LogP contribution in [0.2, 0.25) is 5.02 Å². The van der Waals surface area contributed by atoms with E-state index >= 15 is 0 Å². The van der Waals surface area contributed by atoms with Gasteiger partial charge in [-0.3, -0.25) is 9.59 Å². The molecule has 0 unspecified atom stereocenters. The van der Waals surface area contributed by atoms with E-state index < -0.39 is 17.8 Å². The van der Waals surface area contributed by atoms with Crippen molar-refractivity contribution in [3.8, 4) is 28.4 Å². The number of aromatic nitrogens is 1. The summed E-state index contributed by atoms with van der Waals surface area (Å²) in [5, 5.41) is 5.52. The molecule has 0 saturated heterocycles. The number of esters is 2. The van der Waals surface area contributed by atoms with Gasteiger partial charge in [-0.05, 0) is 55.0 Å². The molecule has 11 heteroatoms. The maximum atomic E-state index is 13.5. The molecule has 5 rings (SSSR count). The Morgan fingerprint density at radius 1 is 0.932 bits per heavy atom. The van der Waals surface area contributed by atoms with Crippen LogP contribution in [0.3, 0.4) is 0 Å². The fraction of sp³-hybridized carbons (Fsp3) is 0.0909. The van der Waals surface area contributed by atoms with Crippen molar-refractivity contribution < 1.29 is 28.6 Å². The number of carbonyl (C=O) groups is 3. The maximum Gasteiger partial charge on any atom is 0.343 e. The van der Waals surface area contributed by atoms with Gasteiger partial charge in [0.05, 0.1) is 18.9 Å². The molecule has 222 valence electrons. The number of benzene rings is 4. The molecule has 4 aromatic carbocycles. The first-order chi connectivity index (χ1) is 21.2. The van der Waals surface area contributed by atoms with E-state index in [1.165, 1.54) is 38.4 Å². The summed E-state index contributed by atoms with van der Waals surface area (Å²) >= 11 is 9.95. The highest BCUT2D eigenvalue weighted by Gasteiger charge is 2.22. The first-order valence-electron chi connectivity index (χ1n) is 13.2. The van der Waals surface area contributed by atoms with Crippen molar-refractivity contribution in [1.29, 1.82) is 0 Å². The Labute approximate surface area is 265 Å². The normalized spacial score (nSPS) is 11.0. The van der Waals surface area contributed by atoms with Crippen LogP contribution < -0.4 is 19.6 Å². The molecular formula is C33H25BrClN3O6. The van der Waals surface area contributed by atoms with Crippen molar-refractivity contribution in [2.24, 2.45) is 5.10 Å². The third kappa shape index (κ3) is 6.51. The lowest BCUT2D eigenvalue weighted by atomic mass is 10.0. The van der Waals surface area contributed by atoms with Crippen LogP contribution in [-0.2, 0) is 4.79 Å². The number of nitrogens with zero attached hydrogens (tertiary/aromatic N) is 1. The third-order valence-electron chi connectivity index (χ3n) is 6.61. The van der Waals surface area contributed by atoms with Crippen molar-refractivity contribution in [3.63, 3.8) is 0 Å². The van der Waals surface area contributed by atoms with Crippen LogP contribution in [0.15, 0.2) is 88.4 Å². The van der Waals surface area contributed by atoms with Crippen LogP contribution in [0.25, 0.3) is 22.0 Å². The van der Waals surface area contributed by atoms with Crippen molar-refractivity contribution in [2.45, 2.75) is 13.8 Å². The lowest BCUT2D eigenvalue weighted by molar-refractivity contribution is -0.132. The van der Waals surface area contributed by atoms with E-state index in [4.69, 9.17) is 25.8 Å². The Morgan fingerprint density at radius 3 is 2.45 bits per heavy atom. The van der Waals surface area contributed by atoms with Crippen molar-refractivity contribution in [2.75, 3.05) is 7.11 Å². The summed E-state index contributed by atoms with van der Waals surface area (Å²) < 4.78 is 16.7. The molecule has 0 saturated carbocycles. The summed E-state index contributed by atoms with van der Waals surface area (Å²) in [6, 6.07) is 22.4. The number of carbonyl (C=O) groups excluding carboxylic acids is 3. The van der Waals surface area contributed by atoms with E-state index in [1.807, 2.05) is 43.3 Å². The first kappa shape index (κ1) is 30.5. The molecule has 0 atom stereocenters. The van der Waals surface area contributed by atoms with Gasteiger partial charge in [0.25, 0.3) is 5.91 Å². The van der Waals surface area contributed by atoms with Crippen LogP contribution >= 0.6 is 27.5 Å². The van der Waals surface area contributed by atoms with Gasteiger partial charge in [0, 0.05) is 44.0 Å². The molecule has 2 N–H and O–H groups in total. The van der Waals surface area contributed by atoms with Crippen molar-refractivity contribution in [3.05, 3.63) is 111 Å². The second kappa shape index (κ2) is 13.2. The molecular weight excluding hydrogens is 650 g/mol. The number of fused-ring (bicyclic) bond motifs is 1. The number of aromatic amines is 1. The van der Waals surface area contributed by atoms with Crippen LogP contribution in [0.5, 0.6) is 17.2 Å². The van der Waals surface area contributed by atoms with Crippen LogP contribution in [0.4, 0.5) is 0 Å². The average Bonchev–Trinajstić information content (AvgIpc) is 3.39. The number of ether oxygens (including phenoxy) is 3. The van der Waals surface area contributed by atoms with Crippen molar-refractivity contribution >= 4 is 62.5 Å². The van der Waals surface area contributed by atoms with Gasteiger partial charge >= 0.3 is 11.9 Å². The number of rotatable bonds is 8. The molecule has 44 heavy (non-hydrogen) atoms. The van der Waals surface area contributed by atoms with E-state index in [0.717, 1.165) is 16.5 Å². The summed E-state index contributed by atoms with van der Waals surface area (Å²) in [4.78, 5) is 41.0. The van der Waals surface area contributed by atoms with Gasteiger partial charge in [-0.15, -0.1) is 0 Å². The molecule has 1 heterocycles. The Balaban J connectivity index is 1.40. The first-order valence-corrected chi connectivity index (χ1v) is 14.4. The molecule has 0 aliphatic heterocycles. The quantitative estimate of drug-likeness (QED) is 0.0763. The van der Waals surface area contributed by atoms with E-state index in [0.29, 0.717) is 31.9 Å². The number of H-pyrrole nitrogens is 1. The minimum Gasteiger partial charge on any atom is -0.493 e. The summed E-state index contributed by atoms with van der Waals surface area (Å²) in [5.41, 5.74) is 6.60. The number of amides is 1. The molecule has 0 spiro atoms. The number of para-hydroxylation sites is 1. The van der Waals surface area contributed by atoms with Gasteiger partial charge < -0.3 is 19.2 Å². The number of methoxy groups -OCH3 is 1. The summed E-state index contributed by atoms with van der Waals surface area (Å²) in [6.45, 7) is 3.22. The van der Waals surface area contributed by atoms with E-state index in [1.54, 1.807) is 24.3 Å². The lowest BCUT2D eigenvalue weighted by Crippen LogP contribution is -2.19. The third-order valence-corrected chi connectivity index (χ3v) is 7.43. The summed E-state index contributed by atoms with van der Waals surface area (Å²) in [5.74, 6) is -1.14. The predicted molar refractivity (Wildman–Crippen MR) is 172 cm³/mol. The zero-order chi connectivity index (χ0) is 31.4. The zero-order valence-corrected chi connectivity index (χ0v) is 26.1. The fourth-order valence-corrected chi connectivity index (χ4v) is 5.21. The molecule has 9 nitrogen and oxygen atoms in total. The monoisotopic (exact) mass is 673 g/mol. The molecule has 0 bridgehead atoms. The van der Waals surface area contributed by atoms with E-state index in [-0.39, 0.29) is 22.8 Å². The van der Waals surface area contributed by atoms with Gasteiger partial charge in [-0.2, -0.15) is 5.10 Å². The van der Waals surface area contributed by atoms with Crippen LogP contribution in [0, 0.1) is 6.92 Å². The molecule has 0 aliphatic carbocycles. The van der Waals surface area contributed by atoms with Crippen LogP contribution in [-0.4, -0.2) is 36.2 Å². The Kier molecular flexibility index (Phi) is 9.12. The minimum absolute atomic E-state index is 0.165. The molecule has 0 aliphatic rings. The van der Waals surface area contributed by atoms with E-state index in [2.05, 4.69) is 31.4 Å². The van der Waals surface area contributed by atoms with Gasteiger partial charge in [-0.1, -0.05) is 63.9 Å². The minimum atomic E-state index is -0.684. The maximum absolute atomic E-state index is 13.5. The summed E-state index contributed by atoms with van der Waals surface area (Å²) in [6.07, 6.45) is 1.37. The van der Waals surface area contributed by atoms with Gasteiger partial charge in [0.1, 0.15) is 11.4 Å². The van der Waals surface area contributed by atoms with E-state index in [9.17, 15) is 14.4 Å². The number of hydrogen-bond donors (Lipinski definition) is 2. The fourth-order valence-electron chi connectivity index (χ4n) is 4.60. The average molecular weight is 675 g/mol. The smallest absolute Gasteiger partial charge is 0.343 e. The largest absolute Gasteiger partial charge is 0.493 e. The topological polar surface area (TPSA) is 119 Å². The predicted octanol–water partition coefficient (Wildman–Crippen LogP) is 7.48. The number of hydrazone groups is 1. The number of nitrogens with one attached hydrogen (secondary N) is 2. The number of aryl methyl sites for hydroxylation is 1. The summed E-state index contributed by atoms with van der Waals surface area (Å²) in [7, 11) is 1.39. The van der Waals surface area contributed by atoms with Gasteiger partial charge in [-0.25, -0.2) is 10.2 Å². The highest BCUT2D eigenvalue weighted by atomic mass is 79.9. The zero-order valence-electron chi connectivity index (χ0n) is 23.7. The Hall–Kier alpha value is -4.93. The Morgan fingerprint density at radius 2 is 1.70 bits per heavy atom. The molecule has 0 radical (unpaired) electrons. The van der Waals surface area contributed by atoms with Gasteiger partial charge in [0.2, 0.25) is 0 Å².